The Morgan fingerprint density at radius 2 is 1.71 bits per heavy atom. The molecule has 2 amide bonds. The third-order valence-corrected chi connectivity index (χ3v) is 5.14. The van der Waals surface area contributed by atoms with Crippen LogP contribution in [0, 0.1) is 5.92 Å². The van der Waals surface area contributed by atoms with Crippen molar-refractivity contribution in [2.75, 3.05) is 5.32 Å². The van der Waals surface area contributed by atoms with Gasteiger partial charge in [-0.1, -0.05) is 26.0 Å². The monoisotopic (exact) mass is 381 g/mol. The Labute approximate surface area is 165 Å². The minimum Gasteiger partial charge on any atom is -0.348 e. The Balaban J connectivity index is 1.69. The van der Waals surface area contributed by atoms with Crippen molar-refractivity contribution in [3.63, 3.8) is 0 Å². The van der Waals surface area contributed by atoms with Crippen LogP contribution in [-0.2, 0) is 31.2 Å². The Hall–Kier alpha value is -2.89. The number of anilines is 1. The van der Waals surface area contributed by atoms with Crippen molar-refractivity contribution in [1.82, 2.24) is 9.88 Å². The second-order valence-electron chi connectivity index (χ2n) is 7.65. The molecule has 0 saturated heterocycles. The van der Waals surface area contributed by atoms with Gasteiger partial charge in [0.2, 0.25) is 5.91 Å². The smallest absolute Gasteiger partial charge is 0.253 e. The first kappa shape index (κ1) is 19.9. The van der Waals surface area contributed by atoms with E-state index in [9.17, 15) is 14.4 Å². The van der Waals surface area contributed by atoms with E-state index >= 15 is 0 Å². The van der Waals surface area contributed by atoms with E-state index in [4.69, 9.17) is 0 Å². The van der Waals surface area contributed by atoms with E-state index < -0.39 is 0 Å². The lowest BCUT2D eigenvalue weighted by atomic mass is 9.89. The molecule has 1 aliphatic carbocycles. The lowest BCUT2D eigenvalue weighted by Gasteiger charge is -2.19. The summed E-state index contributed by atoms with van der Waals surface area (Å²) in [5.74, 6) is -0.266. The second-order valence-corrected chi connectivity index (χ2v) is 7.65. The topological polar surface area (TPSA) is 80.2 Å². The second kappa shape index (κ2) is 8.42. The first-order valence-corrected chi connectivity index (χ1v) is 9.76. The van der Waals surface area contributed by atoms with Crippen LogP contribution in [0.5, 0.6) is 0 Å². The van der Waals surface area contributed by atoms with E-state index in [2.05, 4.69) is 10.6 Å². The van der Waals surface area contributed by atoms with E-state index in [0.29, 0.717) is 12.1 Å². The third kappa shape index (κ3) is 4.32. The van der Waals surface area contributed by atoms with Crippen LogP contribution in [-0.4, -0.2) is 16.4 Å². The average molecular weight is 381 g/mol. The van der Waals surface area contributed by atoms with Crippen LogP contribution >= 0.6 is 0 Å². The summed E-state index contributed by atoms with van der Waals surface area (Å²) < 4.78 is 1.51. The highest BCUT2D eigenvalue weighted by Crippen LogP contribution is 2.22. The van der Waals surface area contributed by atoms with E-state index in [1.165, 1.54) is 4.57 Å². The summed E-state index contributed by atoms with van der Waals surface area (Å²) in [6.07, 6.45) is 5.16. The molecule has 0 unspecified atom stereocenters. The van der Waals surface area contributed by atoms with Crippen molar-refractivity contribution < 1.29 is 9.59 Å². The number of aromatic nitrogens is 1. The molecule has 1 aromatic heterocycles. The number of benzene rings is 1. The highest BCUT2D eigenvalue weighted by atomic mass is 16.2. The molecule has 1 aromatic carbocycles. The number of hydrogen-bond donors (Lipinski definition) is 2. The highest BCUT2D eigenvalue weighted by molar-refractivity contribution is 5.95. The molecule has 0 aliphatic heterocycles. The molecule has 0 saturated carbocycles. The zero-order valence-electron chi connectivity index (χ0n) is 16.7. The Morgan fingerprint density at radius 1 is 1.07 bits per heavy atom. The molecule has 1 heterocycles. The molecule has 3 rings (SSSR count). The van der Waals surface area contributed by atoms with Crippen LogP contribution in [0.3, 0.4) is 0 Å². The first-order valence-electron chi connectivity index (χ1n) is 9.76. The molecule has 0 atom stereocenters. The van der Waals surface area contributed by atoms with Gasteiger partial charge in [-0.3, -0.25) is 14.4 Å². The van der Waals surface area contributed by atoms with Gasteiger partial charge in [-0.15, -0.1) is 0 Å². The van der Waals surface area contributed by atoms with Crippen LogP contribution < -0.4 is 16.2 Å². The van der Waals surface area contributed by atoms with Crippen LogP contribution in [0.15, 0.2) is 35.3 Å². The van der Waals surface area contributed by atoms with Crippen molar-refractivity contribution >= 4 is 17.5 Å². The quantitative estimate of drug-likeness (QED) is 0.836. The summed E-state index contributed by atoms with van der Waals surface area (Å²) in [5.41, 5.74) is 3.96. The van der Waals surface area contributed by atoms with Crippen molar-refractivity contribution in [3.8, 4) is 0 Å². The van der Waals surface area contributed by atoms with Gasteiger partial charge in [0.25, 0.3) is 11.5 Å². The molecule has 28 heavy (non-hydrogen) atoms. The van der Waals surface area contributed by atoms with Gasteiger partial charge in [0.15, 0.2) is 0 Å². The van der Waals surface area contributed by atoms with E-state index in [1.807, 2.05) is 38.1 Å². The summed E-state index contributed by atoms with van der Waals surface area (Å²) in [7, 11) is 1.69. The third-order valence-electron chi connectivity index (χ3n) is 5.14. The zero-order chi connectivity index (χ0) is 20.3. The number of rotatable bonds is 5. The number of nitrogens with one attached hydrogen (secondary N) is 2. The van der Waals surface area contributed by atoms with Crippen molar-refractivity contribution in [3.05, 3.63) is 63.1 Å². The zero-order valence-corrected chi connectivity index (χ0v) is 16.7. The number of nitrogens with zero attached hydrogens (tertiary/aromatic N) is 1. The molecule has 1 aliphatic rings. The summed E-state index contributed by atoms with van der Waals surface area (Å²) >= 11 is 0. The SMILES string of the molecule is CC(C)C(=O)Nc1ccc(CNC(=O)c2cn(C)c(=O)c3c2CCCC3)cc1. The predicted octanol–water partition coefficient (Wildman–Crippen LogP) is 2.79. The number of fused-ring (bicyclic) bond motifs is 1. The number of aryl methyl sites for hydroxylation is 1. The lowest BCUT2D eigenvalue weighted by Crippen LogP contribution is -2.31. The van der Waals surface area contributed by atoms with Crippen LogP contribution in [0.1, 0.15) is 53.7 Å². The summed E-state index contributed by atoms with van der Waals surface area (Å²) in [6.45, 7) is 4.07. The van der Waals surface area contributed by atoms with Crippen molar-refractivity contribution in [1.29, 1.82) is 0 Å². The number of amides is 2. The molecule has 2 aromatic rings. The fourth-order valence-electron chi connectivity index (χ4n) is 3.45. The van der Waals surface area contributed by atoms with E-state index in [1.54, 1.807) is 13.2 Å². The predicted molar refractivity (Wildman–Crippen MR) is 109 cm³/mol. The van der Waals surface area contributed by atoms with Crippen molar-refractivity contribution in [2.45, 2.75) is 46.1 Å². The maximum atomic E-state index is 12.8. The number of carbonyl (C=O) groups excluding carboxylic acids is 2. The summed E-state index contributed by atoms with van der Waals surface area (Å²) in [6, 6.07) is 7.42. The highest BCUT2D eigenvalue weighted by Gasteiger charge is 2.21. The largest absolute Gasteiger partial charge is 0.348 e. The van der Waals surface area contributed by atoms with Crippen LogP contribution in [0.2, 0.25) is 0 Å². The minimum absolute atomic E-state index is 0.00489. The summed E-state index contributed by atoms with van der Waals surface area (Å²) in [4.78, 5) is 36.8. The van der Waals surface area contributed by atoms with Gasteiger partial charge < -0.3 is 15.2 Å². The van der Waals surface area contributed by atoms with Gasteiger partial charge in [-0.05, 0) is 48.9 Å². The standard InChI is InChI=1S/C22H27N3O3/c1-14(2)20(26)24-16-10-8-15(9-11-16)12-23-21(27)19-13-25(3)22(28)18-7-5-4-6-17(18)19/h8-11,13-14H,4-7,12H2,1-3H3,(H,23,27)(H,24,26). The molecule has 6 heteroatoms. The molecule has 0 radical (unpaired) electrons. The Bertz CT molecular complexity index is 943. The molecule has 0 fully saturated rings. The molecule has 0 bridgehead atoms. The van der Waals surface area contributed by atoms with Crippen molar-refractivity contribution in [2.24, 2.45) is 13.0 Å². The maximum absolute atomic E-state index is 12.8. The Kier molecular flexibility index (Phi) is 5.97. The fourth-order valence-corrected chi connectivity index (χ4v) is 3.45. The first-order chi connectivity index (χ1) is 13.4. The Morgan fingerprint density at radius 3 is 2.36 bits per heavy atom. The van der Waals surface area contributed by atoms with Gasteiger partial charge in [-0.2, -0.15) is 0 Å². The fraction of sp³-hybridized carbons (Fsp3) is 0.409. The summed E-state index contributed by atoms with van der Waals surface area (Å²) in [5, 5.41) is 5.80. The van der Waals surface area contributed by atoms with Gasteiger partial charge in [0, 0.05) is 37.0 Å². The van der Waals surface area contributed by atoms with Gasteiger partial charge in [0.05, 0.1) is 5.56 Å². The lowest BCUT2D eigenvalue weighted by molar-refractivity contribution is -0.118. The minimum atomic E-state index is -0.161. The van der Waals surface area contributed by atoms with Crippen LogP contribution in [0.4, 0.5) is 5.69 Å². The molecular weight excluding hydrogens is 354 g/mol. The van der Waals surface area contributed by atoms with Crippen LogP contribution in [0.25, 0.3) is 0 Å². The molecule has 148 valence electrons. The maximum Gasteiger partial charge on any atom is 0.253 e. The van der Waals surface area contributed by atoms with E-state index in [0.717, 1.165) is 48.1 Å². The molecular formula is C22H27N3O3. The van der Waals surface area contributed by atoms with Gasteiger partial charge in [-0.25, -0.2) is 0 Å². The van der Waals surface area contributed by atoms with Gasteiger partial charge >= 0.3 is 0 Å². The van der Waals surface area contributed by atoms with Gasteiger partial charge in [0.1, 0.15) is 0 Å². The number of carbonyl (C=O) groups is 2. The number of hydrogen-bond acceptors (Lipinski definition) is 3. The molecule has 2 N–H and O–H groups in total. The number of pyridine rings is 1. The van der Waals surface area contributed by atoms with E-state index in [-0.39, 0.29) is 23.3 Å². The molecule has 0 spiro atoms. The average Bonchev–Trinajstić information content (AvgIpc) is 2.70. The normalized spacial score (nSPS) is 13.1. The molecule has 6 nitrogen and oxygen atoms in total.